The van der Waals surface area contributed by atoms with Gasteiger partial charge in [0.25, 0.3) is 0 Å². The van der Waals surface area contributed by atoms with E-state index in [2.05, 4.69) is 21.6 Å². The lowest BCUT2D eigenvalue weighted by molar-refractivity contribution is 0.174. The van der Waals surface area contributed by atoms with Crippen molar-refractivity contribution < 1.29 is 5.11 Å². The van der Waals surface area contributed by atoms with Crippen molar-refractivity contribution in [2.45, 2.75) is 12.6 Å². The number of rotatable bonds is 6. The van der Waals surface area contributed by atoms with Crippen LogP contribution in [0.5, 0.6) is 0 Å². The van der Waals surface area contributed by atoms with Crippen LogP contribution in [0.4, 0.5) is 0 Å². The maximum atomic E-state index is 10.2. The van der Waals surface area contributed by atoms with Crippen LogP contribution in [-0.4, -0.2) is 21.8 Å². The zero-order valence-corrected chi connectivity index (χ0v) is 13.4. The van der Waals surface area contributed by atoms with Crippen LogP contribution >= 0.6 is 22.9 Å². The Morgan fingerprint density at radius 2 is 2.14 bits per heavy atom. The summed E-state index contributed by atoms with van der Waals surface area (Å²) in [6.07, 6.45) is 1.18. The number of aliphatic hydroxyl groups excluding tert-OH is 1. The lowest BCUT2D eigenvalue weighted by Crippen LogP contribution is -2.21. The number of benzene rings is 1. The highest BCUT2D eigenvalue weighted by Crippen LogP contribution is 2.26. The zero-order chi connectivity index (χ0) is 15.4. The summed E-state index contributed by atoms with van der Waals surface area (Å²) in [5.74, 6) is 0. The number of aromatic amines is 1. The molecule has 1 unspecified atom stereocenters. The van der Waals surface area contributed by atoms with Gasteiger partial charge >= 0.3 is 0 Å². The van der Waals surface area contributed by atoms with Crippen LogP contribution in [0.3, 0.4) is 0 Å². The van der Waals surface area contributed by atoms with Crippen LogP contribution in [-0.2, 0) is 6.54 Å². The average molecular weight is 334 g/mol. The lowest BCUT2D eigenvalue weighted by Gasteiger charge is -2.13. The van der Waals surface area contributed by atoms with E-state index in [1.54, 1.807) is 17.4 Å². The molecule has 6 heteroatoms. The molecular weight excluding hydrogens is 318 g/mol. The summed E-state index contributed by atoms with van der Waals surface area (Å²) in [6.45, 7) is 1.06. The van der Waals surface area contributed by atoms with Gasteiger partial charge in [-0.2, -0.15) is 5.10 Å². The smallest absolute Gasteiger partial charge is 0.0928 e. The van der Waals surface area contributed by atoms with E-state index in [4.69, 9.17) is 11.6 Å². The van der Waals surface area contributed by atoms with Gasteiger partial charge in [0.15, 0.2) is 0 Å². The van der Waals surface area contributed by atoms with Gasteiger partial charge < -0.3 is 10.4 Å². The average Bonchev–Trinajstić information content (AvgIpc) is 3.18. The highest BCUT2D eigenvalue weighted by Gasteiger charge is 2.12. The molecule has 0 saturated heterocycles. The number of aliphatic hydroxyl groups is 1. The number of halogens is 1. The first kappa shape index (κ1) is 15.2. The minimum atomic E-state index is -0.634. The minimum Gasteiger partial charge on any atom is -0.387 e. The number of thiophene rings is 1. The summed E-state index contributed by atoms with van der Waals surface area (Å²) in [4.78, 5) is 1.15. The van der Waals surface area contributed by atoms with Crippen molar-refractivity contribution in [1.82, 2.24) is 15.5 Å². The first-order valence-corrected chi connectivity index (χ1v) is 8.21. The van der Waals surface area contributed by atoms with Gasteiger partial charge in [0, 0.05) is 29.2 Å². The normalized spacial score (nSPS) is 12.5. The van der Waals surface area contributed by atoms with E-state index in [1.807, 2.05) is 35.8 Å². The first-order valence-electron chi connectivity index (χ1n) is 6.95. The molecule has 114 valence electrons. The van der Waals surface area contributed by atoms with Crippen molar-refractivity contribution in [3.05, 3.63) is 64.1 Å². The lowest BCUT2D eigenvalue weighted by atomic mass is 10.1. The fourth-order valence-electron chi connectivity index (χ4n) is 2.28. The molecule has 22 heavy (non-hydrogen) atoms. The van der Waals surface area contributed by atoms with Gasteiger partial charge in [-0.15, -0.1) is 11.3 Å². The molecule has 3 N–H and O–H groups in total. The summed E-state index contributed by atoms with van der Waals surface area (Å²) < 4.78 is 0. The third-order valence-electron chi connectivity index (χ3n) is 3.40. The Morgan fingerprint density at radius 1 is 1.27 bits per heavy atom. The Bertz CT molecular complexity index is 727. The molecule has 2 aromatic heterocycles. The van der Waals surface area contributed by atoms with Crippen LogP contribution in [0.15, 0.2) is 48.0 Å². The fraction of sp³-hybridized carbons (Fsp3) is 0.188. The van der Waals surface area contributed by atoms with Gasteiger partial charge in [0.2, 0.25) is 0 Å². The minimum absolute atomic E-state index is 0.429. The van der Waals surface area contributed by atoms with Crippen LogP contribution in [0.25, 0.3) is 10.6 Å². The Balaban J connectivity index is 1.60. The zero-order valence-electron chi connectivity index (χ0n) is 11.8. The fourth-order valence-corrected chi connectivity index (χ4v) is 3.30. The summed E-state index contributed by atoms with van der Waals surface area (Å²) in [5, 5.41) is 23.2. The number of H-pyrrole nitrogens is 1. The second-order valence-corrected chi connectivity index (χ2v) is 6.27. The molecule has 3 rings (SSSR count). The molecule has 0 fully saturated rings. The Labute approximate surface area is 137 Å². The van der Waals surface area contributed by atoms with Gasteiger partial charge in [-0.05, 0) is 17.5 Å². The van der Waals surface area contributed by atoms with Gasteiger partial charge in [-0.25, -0.2) is 0 Å². The van der Waals surface area contributed by atoms with Crippen molar-refractivity contribution in [2.24, 2.45) is 0 Å². The molecule has 0 aliphatic carbocycles. The van der Waals surface area contributed by atoms with Crippen molar-refractivity contribution in [3.8, 4) is 10.6 Å². The van der Waals surface area contributed by atoms with Crippen LogP contribution < -0.4 is 5.32 Å². The maximum absolute atomic E-state index is 10.2. The first-order chi connectivity index (χ1) is 10.8. The monoisotopic (exact) mass is 333 g/mol. The van der Waals surface area contributed by atoms with Gasteiger partial charge in [-0.1, -0.05) is 35.9 Å². The standard InChI is InChI=1S/C16H16ClN3OS/c17-13-5-2-1-4-12(13)14(21)10-18-8-11-9-19-20-16(11)15-6-3-7-22-15/h1-7,9,14,18,21H,8,10H2,(H,19,20). The third-order valence-corrected chi connectivity index (χ3v) is 4.63. The molecule has 0 bridgehead atoms. The van der Waals surface area contributed by atoms with E-state index in [0.29, 0.717) is 18.1 Å². The second kappa shape index (κ2) is 7.07. The molecule has 3 aromatic rings. The van der Waals surface area contributed by atoms with E-state index in [1.165, 1.54) is 0 Å². The summed E-state index contributed by atoms with van der Waals surface area (Å²) in [6, 6.07) is 11.4. The number of nitrogens with zero attached hydrogens (tertiary/aromatic N) is 1. The number of aromatic nitrogens is 2. The van der Waals surface area contributed by atoms with Crippen molar-refractivity contribution in [1.29, 1.82) is 0 Å². The predicted octanol–water partition coefficient (Wildman–Crippen LogP) is 3.61. The molecule has 0 aliphatic rings. The Morgan fingerprint density at radius 3 is 2.91 bits per heavy atom. The highest BCUT2D eigenvalue weighted by atomic mass is 35.5. The molecule has 1 aromatic carbocycles. The molecule has 0 aliphatic heterocycles. The Kier molecular flexibility index (Phi) is 4.90. The molecule has 0 saturated carbocycles. The third kappa shape index (κ3) is 3.39. The molecule has 0 radical (unpaired) electrons. The SMILES string of the molecule is OC(CNCc1cn[nH]c1-c1cccs1)c1ccccc1Cl. The number of hydrogen-bond donors (Lipinski definition) is 3. The van der Waals surface area contributed by atoms with E-state index in [0.717, 1.165) is 21.7 Å². The quantitative estimate of drug-likeness (QED) is 0.645. The second-order valence-electron chi connectivity index (χ2n) is 4.92. The molecule has 0 spiro atoms. The molecular formula is C16H16ClN3OS. The molecule has 1 atom stereocenters. The predicted molar refractivity (Wildman–Crippen MR) is 90.0 cm³/mol. The van der Waals surface area contributed by atoms with Gasteiger partial charge in [0.1, 0.15) is 0 Å². The van der Waals surface area contributed by atoms with E-state index >= 15 is 0 Å². The summed E-state index contributed by atoms with van der Waals surface area (Å²) >= 11 is 7.76. The van der Waals surface area contributed by atoms with Crippen molar-refractivity contribution >= 4 is 22.9 Å². The van der Waals surface area contributed by atoms with E-state index in [9.17, 15) is 5.11 Å². The molecule has 0 amide bonds. The van der Waals surface area contributed by atoms with Crippen molar-refractivity contribution in [2.75, 3.05) is 6.54 Å². The maximum Gasteiger partial charge on any atom is 0.0928 e. The molecule has 4 nitrogen and oxygen atoms in total. The molecule has 2 heterocycles. The van der Waals surface area contributed by atoms with E-state index < -0.39 is 6.10 Å². The Hall–Kier alpha value is -1.66. The summed E-state index contributed by atoms with van der Waals surface area (Å²) in [5.41, 5.74) is 2.84. The van der Waals surface area contributed by atoms with E-state index in [-0.39, 0.29) is 0 Å². The van der Waals surface area contributed by atoms with Crippen LogP contribution in [0, 0.1) is 0 Å². The van der Waals surface area contributed by atoms with Crippen molar-refractivity contribution in [3.63, 3.8) is 0 Å². The summed E-state index contributed by atoms with van der Waals surface area (Å²) in [7, 11) is 0. The van der Waals surface area contributed by atoms with Crippen LogP contribution in [0.1, 0.15) is 17.2 Å². The highest BCUT2D eigenvalue weighted by molar-refractivity contribution is 7.13. The van der Waals surface area contributed by atoms with Crippen LogP contribution in [0.2, 0.25) is 5.02 Å². The number of hydrogen-bond acceptors (Lipinski definition) is 4. The largest absolute Gasteiger partial charge is 0.387 e. The topological polar surface area (TPSA) is 60.9 Å². The van der Waals surface area contributed by atoms with Gasteiger partial charge in [0.05, 0.1) is 22.9 Å². The number of nitrogens with one attached hydrogen (secondary N) is 2. The van der Waals surface area contributed by atoms with Gasteiger partial charge in [-0.3, -0.25) is 5.10 Å².